The number of pyridine rings is 1. The van der Waals surface area contributed by atoms with Gasteiger partial charge >= 0.3 is 5.63 Å². The van der Waals surface area contributed by atoms with Crippen molar-refractivity contribution in [3.63, 3.8) is 0 Å². The molecule has 2 N–H and O–H groups in total. The maximum atomic E-state index is 12.5. The molecule has 0 saturated heterocycles. The molecule has 7 nitrogen and oxygen atoms in total. The van der Waals surface area contributed by atoms with Crippen LogP contribution in [-0.2, 0) is 6.61 Å². The molecule has 0 atom stereocenters. The van der Waals surface area contributed by atoms with Crippen molar-refractivity contribution in [2.24, 2.45) is 0 Å². The van der Waals surface area contributed by atoms with E-state index in [9.17, 15) is 9.90 Å². The van der Waals surface area contributed by atoms with Crippen molar-refractivity contribution in [2.45, 2.75) is 20.5 Å². The lowest BCUT2D eigenvalue weighted by Crippen LogP contribution is -2.05. The highest BCUT2D eigenvalue weighted by molar-refractivity contribution is 7.18. The standard InChI is InChI=1S/C19H15ClN4O3S/c1-9-14(20)4-3-5-15(9)22-19-24-23-17(28-19)13-6-12-11(8-25)7-21-10(2)16(12)27-18(13)26/h3-7,25H,8H2,1-2H3,(H,22,24). The molecule has 0 aliphatic rings. The van der Waals surface area contributed by atoms with E-state index >= 15 is 0 Å². The maximum absolute atomic E-state index is 12.5. The van der Waals surface area contributed by atoms with Crippen molar-refractivity contribution in [3.05, 3.63) is 62.7 Å². The highest BCUT2D eigenvalue weighted by Gasteiger charge is 2.17. The van der Waals surface area contributed by atoms with Gasteiger partial charge in [0.25, 0.3) is 0 Å². The van der Waals surface area contributed by atoms with Crippen LogP contribution < -0.4 is 10.9 Å². The molecule has 0 spiro atoms. The maximum Gasteiger partial charge on any atom is 0.346 e. The molecule has 142 valence electrons. The van der Waals surface area contributed by atoms with E-state index in [-0.39, 0.29) is 12.2 Å². The summed E-state index contributed by atoms with van der Waals surface area (Å²) in [7, 11) is 0. The van der Waals surface area contributed by atoms with Gasteiger partial charge in [0.1, 0.15) is 0 Å². The van der Waals surface area contributed by atoms with Crippen molar-refractivity contribution in [1.29, 1.82) is 0 Å². The molecule has 0 aliphatic heterocycles. The lowest BCUT2D eigenvalue weighted by atomic mass is 10.1. The first kappa shape index (κ1) is 18.5. The zero-order valence-corrected chi connectivity index (χ0v) is 16.6. The fourth-order valence-electron chi connectivity index (χ4n) is 2.80. The van der Waals surface area contributed by atoms with Crippen molar-refractivity contribution < 1.29 is 9.52 Å². The SMILES string of the molecule is Cc1c(Cl)cccc1Nc1nnc(-c2cc3c(CO)cnc(C)c3oc2=O)s1. The summed E-state index contributed by atoms with van der Waals surface area (Å²) in [5, 5.41) is 23.2. The van der Waals surface area contributed by atoms with E-state index in [1.165, 1.54) is 11.3 Å². The Morgan fingerprint density at radius 1 is 1.29 bits per heavy atom. The second-order valence-electron chi connectivity index (χ2n) is 6.17. The Kier molecular flexibility index (Phi) is 4.84. The molecule has 4 rings (SSSR count). The molecule has 0 radical (unpaired) electrons. The predicted octanol–water partition coefficient (Wildman–Crippen LogP) is 4.21. The summed E-state index contributed by atoms with van der Waals surface area (Å²) in [4.78, 5) is 16.6. The summed E-state index contributed by atoms with van der Waals surface area (Å²) in [6.45, 7) is 3.43. The minimum absolute atomic E-state index is 0.214. The number of aliphatic hydroxyl groups is 1. The van der Waals surface area contributed by atoms with Crippen LogP contribution in [0.3, 0.4) is 0 Å². The van der Waals surface area contributed by atoms with Crippen LogP contribution >= 0.6 is 22.9 Å². The van der Waals surface area contributed by atoms with Gasteiger partial charge in [0.05, 0.1) is 17.9 Å². The van der Waals surface area contributed by atoms with Crippen molar-refractivity contribution >= 4 is 44.7 Å². The highest BCUT2D eigenvalue weighted by atomic mass is 35.5. The van der Waals surface area contributed by atoms with E-state index < -0.39 is 5.63 Å². The minimum atomic E-state index is -0.533. The number of benzene rings is 1. The van der Waals surface area contributed by atoms with Gasteiger partial charge in [-0.05, 0) is 37.6 Å². The second-order valence-corrected chi connectivity index (χ2v) is 7.55. The minimum Gasteiger partial charge on any atom is -0.420 e. The molecule has 4 aromatic rings. The highest BCUT2D eigenvalue weighted by Crippen LogP contribution is 2.31. The average Bonchev–Trinajstić information content (AvgIpc) is 3.14. The second kappa shape index (κ2) is 7.31. The van der Waals surface area contributed by atoms with Crippen LogP contribution in [-0.4, -0.2) is 20.3 Å². The third-order valence-electron chi connectivity index (χ3n) is 4.37. The number of halogens is 1. The largest absolute Gasteiger partial charge is 0.420 e. The van der Waals surface area contributed by atoms with Crippen LogP contribution in [0.15, 0.2) is 39.7 Å². The summed E-state index contributed by atoms with van der Waals surface area (Å²) >= 11 is 7.37. The predicted molar refractivity (Wildman–Crippen MR) is 109 cm³/mol. The van der Waals surface area contributed by atoms with Gasteiger partial charge in [-0.1, -0.05) is 29.0 Å². The van der Waals surface area contributed by atoms with Gasteiger partial charge in [-0.15, -0.1) is 10.2 Å². The van der Waals surface area contributed by atoms with Crippen molar-refractivity contribution in [1.82, 2.24) is 15.2 Å². The normalized spacial score (nSPS) is 11.1. The first-order valence-electron chi connectivity index (χ1n) is 8.37. The summed E-state index contributed by atoms with van der Waals surface area (Å²) in [5.41, 5.74) is 2.95. The third-order valence-corrected chi connectivity index (χ3v) is 5.65. The summed E-state index contributed by atoms with van der Waals surface area (Å²) in [5.74, 6) is 0. The van der Waals surface area contributed by atoms with Gasteiger partial charge in [-0.25, -0.2) is 4.79 Å². The zero-order valence-electron chi connectivity index (χ0n) is 15.0. The molecule has 28 heavy (non-hydrogen) atoms. The van der Waals surface area contributed by atoms with E-state index in [1.807, 2.05) is 25.1 Å². The molecule has 0 amide bonds. The molecule has 9 heteroatoms. The number of anilines is 2. The van der Waals surface area contributed by atoms with Crippen LogP contribution in [0.1, 0.15) is 16.8 Å². The van der Waals surface area contributed by atoms with Gasteiger partial charge in [-0.3, -0.25) is 4.98 Å². The van der Waals surface area contributed by atoms with Crippen LogP contribution in [0, 0.1) is 13.8 Å². The number of aryl methyl sites for hydroxylation is 1. The number of rotatable bonds is 4. The number of hydrogen-bond acceptors (Lipinski definition) is 8. The number of hydrogen-bond donors (Lipinski definition) is 2. The lowest BCUT2D eigenvalue weighted by molar-refractivity contribution is 0.282. The third kappa shape index (κ3) is 3.26. The Morgan fingerprint density at radius 3 is 2.89 bits per heavy atom. The Labute approximate surface area is 168 Å². The Morgan fingerprint density at radius 2 is 2.11 bits per heavy atom. The molecule has 0 fully saturated rings. The number of aromatic nitrogens is 3. The smallest absolute Gasteiger partial charge is 0.346 e. The fraction of sp³-hybridized carbons (Fsp3) is 0.158. The van der Waals surface area contributed by atoms with Gasteiger partial charge in [0, 0.05) is 27.9 Å². The van der Waals surface area contributed by atoms with Gasteiger partial charge < -0.3 is 14.8 Å². The number of aliphatic hydroxyl groups excluding tert-OH is 1. The molecule has 0 unspecified atom stereocenters. The summed E-state index contributed by atoms with van der Waals surface area (Å²) in [6.07, 6.45) is 1.57. The van der Waals surface area contributed by atoms with E-state index in [0.29, 0.717) is 37.4 Å². The Balaban J connectivity index is 1.76. The molecule has 0 saturated carbocycles. The number of fused-ring (bicyclic) bond motifs is 1. The number of nitrogens with one attached hydrogen (secondary N) is 1. The molecular formula is C19H15ClN4O3S. The zero-order chi connectivity index (χ0) is 19.8. The number of nitrogens with zero attached hydrogens (tertiary/aromatic N) is 3. The Bertz CT molecular complexity index is 1250. The van der Waals surface area contributed by atoms with E-state index in [2.05, 4.69) is 20.5 Å². The molecule has 0 bridgehead atoms. The molecule has 0 aliphatic carbocycles. The molecule has 1 aromatic carbocycles. The summed E-state index contributed by atoms with van der Waals surface area (Å²) in [6, 6.07) is 7.19. The molecular weight excluding hydrogens is 400 g/mol. The van der Waals surface area contributed by atoms with Crippen LogP contribution in [0.25, 0.3) is 21.5 Å². The van der Waals surface area contributed by atoms with Gasteiger partial charge in [-0.2, -0.15) is 0 Å². The molecule has 3 heterocycles. The average molecular weight is 415 g/mol. The van der Waals surface area contributed by atoms with E-state index in [1.54, 1.807) is 19.2 Å². The van der Waals surface area contributed by atoms with Crippen molar-refractivity contribution in [2.75, 3.05) is 5.32 Å². The Hall–Kier alpha value is -2.81. The van der Waals surface area contributed by atoms with Gasteiger partial charge in [0.15, 0.2) is 10.6 Å². The molecule has 3 aromatic heterocycles. The first-order chi connectivity index (χ1) is 13.5. The fourth-order valence-corrected chi connectivity index (χ4v) is 3.73. The van der Waals surface area contributed by atoms with E-state index in [0.717, 1.165) is 11.3 Å². The monoisotopic (exact) mass is 414 g/mol. The van der Waals surface area contributed by atoms with Crippen LogP contribution in [0.4, 0.5) is 10.8 Å². The summed E-state index contributed by atoms with van der Waals surface area (Å²) < 4.78 is 5.45. The topological polar surface area (TPSA) is 101 Å². The first-order valence-corrected chi connectivity index (χ1v) is 9.56. The van der Waals surface area contributed by atoms with Crippen LogP contribution in [0.2, 0.25) is 5.02 Å². The van der Waals surface area contributed by atoms with Crippen LogP contribution in [0.5, 0.6) is 0 Å². The van der Waals surface area contributed by atoms with Crippen molar-refractivity contribution in [3.8, 4) is 10.6 Å². The van der Waals surface area contributed by atoms with E-state index in [4.69, 9.17) is 16.0 Å². The van der Waals surface area contributed by atoms with Gasteiger partial charge in [0.2, 0.25) is 5.13 Å². The quantitative estimate of drug-likeness (QED) is 0.515. The lowest BCUT2D eigenvalue weighted by Gasteiger charge is -2.07.